The summed E-state index contributed by atoms with van der Waals surface area (Å²) in [4.78, 5) is 41.7. The lowest BCUT2D eigenvalue weighted by Gasteiger charge is -2.25. The van der Waals surface area contributed by atoms with Gasteiger partial charge in [0.1, 0.15) is 5.82 Å². The molecule has 1 aromatic heterocycles. The fourth-order valence-corrected chi connectivity index (χ4v) is 3.03. The first kappa shape index (κ1) is 18.8. The van der Waals surface area contributed by atoms with Crippen LogP contribution in [0.2, 0.25) is 0 Å². The number of nitrogens with one attached hydrogen (secondary N) is 1. The number of methoxy groups -OCH3 is 1. The third-order valence-corrected chi connectivity index (χ3v) is 4.49. The molecule has 0 aliphatic carbocycles. The maximum absolute atomic E-state index is 12.9. The molecule has 3 rings (SSSR count). The average molecular weight is 371 g/mol. The molecule has 8 heteroatoms. The minimum Gasteiger partial charge on any atom is -0.464 e. The van der Waals surface area contributed by atoms with Gasteiger partial charge >= 0.3 is 11.9 Å². The maximum atomic E-state index is 12.9. The largest absolute Gasteiger partial charge is 0.464 e. The number of nitrogens with zero attached hydrogens (tertiary/aromatic N) is 2. The van der Waals surface area contributed by atoms with Crippen LogP contribution in [0.25, 0.3) is 0 Å². The Morgan fingerprint density at radius 1 is 1.19 bits per heavy atom. The van der Waals surface area contributed by atoms with Crippen molar-refractivity contribution in [3.63, 3.8) is 0 Å². The molecule has 142 valence electrons. The van der Waals surface area contributed by atoms with E-state index < -0.39 is 23.2 Å². The Morgan fingerprint density at radius 3 is 2.56 bits per heavy atom. The Balaban J connectivity index is 2.04. The highest BCUT2D eigenvalue weighted by atomic mass is 16.5. The van der Waals surface area contributed by atoms with E-state index >= 15 is 0 Å². The molecule has 0 saturated carbocycles. The SMILES string of the molecule is COC(=O)c1nc(C2CCCCN2)n(C)c(=O)c1OC(=O)c1ccccc1. The first-order valence-electron chi connectivity index (χ1n) is 8.72. The Hall–Kier alpha value is -3.00. The van der Waals surface area contributed by atoms with Crippen LogP contribution in [0.3, 0.4) is 0 Å². The van der Waals surface area contributed by atoms with Crippen LogP contribution in [0.5, 0.6) is 5.75 Å². The smallest absolute Gasteiger partial charge is 0.360 e. The fourth-order valence-electron chi connectivity index (χ4n) is 3.03. The molecule has 0 spiro atoms. The minimum atomic E-state index is -0.833. The summed E-state index contributed by atoms with van der Waals surface area (Å²) in [6, 6.07) is 8.05. The second-order valence-corrected chi connectivity index (χ2v) is 6.26. The van der Waals surface area contributed by atoms with Gasteiger partial charge in [0.2, 0.25) is 5.75 Å². The van der Waals surface area contributed by atoms with Crippen molar-refractivity contribution in [2.75, 3.05) is 13.7 Å². The van der Waals surface area contributed by atoms with Crippen molar-refractivity contribution in [2.45, 2.75) is 25.3 Å². The molecule has 1 aliphatic heterocycles. The van der Waals surface area contributed by atoms with Gasteiger partial charge in [0.05, 0.1) is 18.7 Å². The van der Waals surface area contributed by atoms with Gasteiger partial charge in [-0.05, 0) is 31.5 Å². The highest BCUT2D eigenvalue weighted by molar-refractivity contribution is 5.94. The molecule has 0 radical (unpaired) electrons. The summed E-state index contributed by atoms with van der Waals surface area (Å²) in [7, 11) is 2.73. The van der Waals surface area contributed by atoms with E-state index in [1.54, 1.807) is 37.4 Å². The van der Waals surface area contributed by atoms with E-state index in [4.69, 9.17) is 9.47 Å². The lowest BCUT2D eigenvalue weighted by atomic mass is 10.0. The molecule has 1 fully saturated rings. The topological polar surface area (TPSA) is 99.5 Å². The van der Waals surface area contributed by atoms with E-state index in [9.17, 15) is 14.4 Å². The summed E-state index contributed by atoms with van der Waals surface area (Å²) in [6.07, 6.45) is 2.83. The number of hydrogen-bond donors (Lipinski definition) is 1. The first-order valence-corrected chi connectivity index (χ1v) is 8.72. The molecule has 2 heterocycles. The minimum absolute atomic E-state index is 0.154. The molecule has 0 bridgehead atoms. The highest BCUT2D eigenvalue weighted by Gasteiger charge is 2.28. The summed E-state index contributed by atoms with van der Waals surface area (Å²) >= 11 is 0. The number of piperidine rings is 1. The van der Waals surface area contributed by atoms with E-state index in [1.807, 2.05) is 0 Å². The molecule has 2 aromatic rings. The zero-order valence-corrected chi connectivity index (χ0v) is 15.2. The van der Waals surface area contributed by atoms with Crippen LogP contribution in [-0.2, 0) is 11.8 Å². The number of esters is 2. The third-order valence-electron chi connectivity index (χ3n) is 4.49. The van der Waals surface area contributed by atoms with E-state index in [2.05, 4.69) is 10.3 Å². The Morgan fingerprint density at radius 2 is 1.93 bits per heavy atom. The summed E-state index contributed by atoms with van der Waals surface area (Å²) in [5.74, 6) is -1.60. The van der Waals surface area contributed by atoms with Gasteiger partial charge in [0, 0.05) is 7.05 Å². The molecule has 1 aliphatic rings. The van der Waals surface area contributed by atoms with Gasteiger partial charge < -0.3 is 14.8 Å². The van der Waals surface area contributed by atoms with Gasteiger partial charge in [0.15, 0.2) is 5.69 Å². The van der Waals surface area contributed by atoms with Gasteiger partial charge in [0.25, 0.3) is 5.56 Å². The lowest BCUT2D eigenvalue weighted by molar-refractivity contribution is 0.0583. The van der Waals surface area contributed by atoms with Crippen molar-refractivity contribution in [2.24, 2.45) is 7.05 Å². The molecule has 0 amide bonds. The normalized spacial score (nSPS) is 16.6. The van der Waals surface area contributed by atoms with Crippen LogP contribution in [0.4, 0.5) is 0 Å². The number of carbonyl (C=O) groups is 2. The Bertz CT molecular complexity index is 902. The number of carbonyl (C=O) groups excluding carboxylic acids is 2. The van der Waals surface area contributed by atoms with E-state index in [-0.39, 0.29) is 17.3 Å². The Labute approximate surface area is 156 Å². The van der Waals surface area contributed by atoms with Crippen LogP contribution in [0, 0.1) is 0 Å². The number of ether oxygens (including phenoxy) is 2. The summed E-state index contributed by atoms with van der Waals surface area (Å²) in [6.45, 7) is 0.804. The van der Waals surface area contributed by atoms with E-state index in [0.717, 1.165) is 25.8 Å². The standard InChI is InChI=1S/C19H21N3O5/c1-22-16(13-10-6-7-11-20-13)21-14(19(25)26-2)15(17(22)23)27-18(24)12-8-4-3-5-9-12/h3-5,8-9,13,20H,6-7,10-11H2,1-2H3. The Kier molecular flexibility index (Phi) is 5.66. The molecule has 27 heavy (non-hydrogen) atoms. The summed E-state index contributed by atoms with van der Waals surface area (Å²) < 4.78 is 11.3. The van der Waals surface area contributed by atoms with Gasteiger partial charge in [-0.1, -0.05) is 24.6 Å². The average Bonchev–Trinajstić information content (AvgIpc) is 2.72. The quantitative estimate of drug-likeness (QED) is 0.815. The number of hydrogen-bond acceptors (Lipinski definition) is 7. The van der Waals surface area contributed by atoms with Gasteiger partial charge in [-0.25, -0.2) is 14.6 Å². The van der Waals surface area contributed by atoms with Crippen LogP contribution in [0.1, 0.15) is 52.0 Å². The monoisotopic (exact) mass is 371 g/mol. The van der Waals surface area contributed by atoms with Gasteiger partial charge in [-0.15, -0.1) is 0 Å². The predicted octanol–water partition coefficient (Wildman–Crippen LogP) is 1.60. The fraction of sp³-hybridized carbons (Fsp3) is 0.368. The number of aromatic nitrogens is 2. The third kappa shape index (κ3) is 3.90. The molecular formula is C19H21N3O5. The van der Waals surface area contributed by atoms with E-state index in [1.165, 1.54) is 11.7 Å². The number of benzene rings is 1. The van der Waals surface area contributed by atoms with Gasteiger partial charge in [-0.2, -0.15) is 0 Å². The highest BCUT2D eigenvalue weighted by Crippen LogP contribution is 2.23. The second-order valence-electron chi connectivity index (χ2n) is 6.26. The molecule has 1 aromatic carbocycles. The molecule has 1 unspecified atom stereocenters. The second kappa shape index (κ2) is 8.13. The van der Waals surface area contributed by atoms with Crippen molar-refractivity contribution in [3.05, 3.63) is 57.8 Å². The zero-order chi connectivity index (χ0) is 19.4. The lowest BCUT2D eigenvalue weighted by Crippen LogP contribution is -2.35. The first-order chi connectivity index (χ1) is 13.0. The van der Waals surface area contributed by atoms with Crippen molar-refractivity contribution in [1.29, 1.82) is 0 Å². The predicted molar refractivity (Wildman–Crippen MR) is 96.8 cm³/mol. The zero-order valence-electron chi connectivity index (χ0n) is 15.2. The molecule has 1 atom stereocenters. The maximum Gasteiger partial charge on any atom is 0.360 e. The van der Waals surface area contributed by atoms with Crippen LogP contribution in [0.15, 0.2) is 35.1 Å². The van der Waals surface area contributed by atoms with Gasteiger partial charge in [-0.3, -0.25) is 9.36 Å². The van der Waals surface area contributed by atoms with Crippen molar-refractivity contribution in [1.82, 2.24) is 14.9 Å². The van der Waals surface area contributed by atoms with E-state index in [0.29, 0.717) is 5.82 Å². The molecule has 1 saturated heterocycles. The van der Waals surface area contributed by atoms with Crippen molar-refractivity contribution in [3.8, 4) is 5.75 Å². The molecule has 1 N–H and O–H groups in total. The van der Waals surface area contributed by atoms with Crippen molar-refractivity contribution >= 4 is 11.9 Å². The number of rotatable bonds is 4. The van der Waals surface area contributed by atoms with Crippen LogP contribution < -0.4 is 15.6 Å². The van der Waals surface area contributed by atoms with Crippen LogP contribution >= 0.6 is 0 Å². The molecule has 8 nitrogen and oxygen atoms in total. The summed E-state index contributed by atoms with van der Waals surface area (Å²) in [5.41, 5.74) is -0.655. The van der Waals surface area contributed by atoms with Crippen molar-refractivity contribution < 1.29 is 19.1 Å². The summed E-state index contributed by atoms with van der Waals surface area (Å²) in [5, 5.41) is 3.29. The molecular weight excluding hydrogens is 350 g/mol. The van der Waals surface area contributed by atoms with Crippen LogP contribution in [-0.4, -0.2) is 35.1 Å².